The number of anilines is 1. The number of ether oxygens (including phenoxy) is 1. The number of carbonyl (C=O) groups excluding carboxylic acids is 2. The summed E-state index contributed by atoms with van der Waals surface area (Å²) in [6.07, 6.45) is 2.74. The highest BCUT2D eigenvalue weighted by Crippen LogP contribution is 2.23. The molecular formula is C20H20Cl2N2O5S. The summed E-state index contributed by atoms with van der Waals surface area (Å²) in [5.41, 5.74) is 0.443. The number of esters is 1. The molecule has 1 aliphatic heterocycles. The lowest BCUT2D eigenvalue weighted by molar-refractivity contribution is -0.119. The maximum atomic E-state index is 12.6. The zero-order valence-electron chi connectivity index (χ0n) is 15.9. The Morgan fingerprint density at radius 1 is 1.00 bits per heavy atom. The first-order chi connectivity index (χ1) is 14.3. The van der Waals surface area contributed by atoms with E-state index in [0.29, 0.717) is 23.8 Å². The normalized spacial score (nSPS) is 14.9. The third-order valence-corrected chi connectivity index (χ3v) is 7.05. The summed E-state index contributed by atoms with van der Waals surface area (Å²) in [4.78, 5) is 24.3. The summed E-state index contributed by atoms with van der Waals surface area (Å²) in [6.45, 7) is 0.501. The standard InChI is InChI=1S/C20H20Cl2N2O5S/c21-14-4-9-18(22)17(12-14)20(26)29-13-19(25)23-15-5-7-16(8-6-15)30(27,28)24-10-2-1-3-11-24/h4-9,12H,1-3,10-11,13H2,(H,23,25). The Balaban J connectivity index is 1.57. The molecule has 0 aromatic heterocycles. The van der Waals surface area contributed by atoms with Gasteiger partial charge in [0.25, 0.3) is 5.91 Å². The van der Waals surface area contributed by atoms with Crippen molar-refractivity contribution in [1.82, 2.24) is 4.31 Å². The van der Waals surface area contributed by atoms with Crippen molar-refractivity contribution in [1.29, 1.82) is 0 Å². The van der Waals surface area contributed by atoms with Crippen LogP contribution in [0.3, 0.4) is 0 Å². The molecule has 0 spiro atoms. The summed E-state index contributed by atoms with van der Waals surface area (Å²) in [5.74, 6) is -1.35. The molecule has 160 valence electrons. The van der Waals surface area contributed by atoms with E-state index in [2.05, 4.69) is 5.32 Å². The van der Waals surface area contributed by atoms with Gasteiger partial charge in [0.2, 0.25) is 10.0 Å². The van der Waals surface area contributed by atoms with Crippen LogP contribution in [0.5, 0.6) is 0 Å². The molecule has 10 heteroatoms. The van der Waals surface area contributed by atoms with Crippen molar-refractivity contribution in [3.63, 3.8) is 0 Å². The van der Waals surface area contributed by atoms with E-state index in [-0.39, 0.29) is 15.5 Å². The quantitative estimate of drug-likeness (QED) is 0.644. The summed E-state index contributed by atoms with van der Waals surface area (Å²) >= 11 is 11.8. The van der Waals surface area contributed by atoms with Crippen LogP contribution in [0.25, 0.3) is 0 Å². The average molecular weight is 471 g/mol. The first-order valence-corrected chi connectivity index (χ1v) is 11.5. The van der Waals surface area contributed by atoms with Gasteiger partial charge in [-0.25, -0.2) is 13.2 Å². The minimum atomic E-state index is -3.54. The zero-order valence-corrected chi connectivity index (χ0v) is 18.3. The van der Waals surface area contributed by atoms with Crippen LogP contribution < -0.4 is 5.32 Å². The average Bonchev–Trinajstić information content (AvgIpc) is 2.75. The first-order valence-electron chi connectivity index (χ1n) is 9.29. The van der Waals surface area contributed by atoms with Gasteiger partial charge in [-0.3, -0.25) is 4.79 Å². The number of halogens is 2. The molecule has 2 aromatic rings. The minimum absolute atomic E-state index is 0.0595. The van der Waals surface area contributed by atoms with Crippen LogP contribution in [0.4, 0.5) is 5.69 Å². The molecule has 3 rings (SSSR count). The number of amides is 1. The Morgan fingerprint density at radius 3 is 2.33 bits per heavy atom. The fourth-order valence-corrected chi connectivity index (χ4v) is 4.91. The molecular weight excluding hydrogens is 451 g/mol. The van der Waals surface area contributed by atoms with Gasteiger partial charge in [-0.05, 0) is 55.3 Å². The fourth-order valence-electron chi connectivity index (χ4n) is 3.02. The van der Waals surface area contributed by atoms with Gasteiger partial charge in [0.15, 0.2) is 6.61 Å². The Hall–Kier alpha value is -2.13. The maximum Gasteiger partial charge on any atom is 0.340 e. The van der Waals surface area contributed by atoms with Crippen molar-refractivity contribution in [2.45, 2.75) is 24.2 Å². The highest BCUT2D eigenvalue weighted by Gasteiger charge is 2.25. The Morgan fingerprint density at radius 2 is 1.67 bits per heavy atom. The van der Waals surface area contributed by atoms with Crippen LogP contribution in [-0.4, -0.2) is 44.3 Å². The monoisotopic (exact) mass is 470 g/mol. The third-order valence-electron chi connectivity index (χ3n) is 4.57. The molecule has 2 aromatic carbocycles. The summed E-state index contributed by atoms with van der Waals surface area (Å²) in [6, 6.07) is 10.2. The minimum Gasteiger partial charge on any atom is -0.452 e. The van der Waals surface area contributed by atoms with Crippen molar-refractivity contribution in [3.8, 4) is 0 Å². The van der Waals surface area contributed by atoms with Gasteiger partial charge < -0.3 is 10.1 Å². The van der Waals surface area contributed by atoms with Crippen LogP contribution in [-0.2, 0) is 19.6 Å². The van der Waals surface area contributed by atoms with Gasteiger partial charge in [-0.15, -0.1) is 0 Å². The molecule has 0 radical (unpaired) electrons. The Bertz CT molecular complexity index is 1040. The topological polar surface area (TPSA) is 92.8 Å². The van der Waals surface area contributed by atoms with Crippen molar-refractivity contribution < 1.29 is 22.7 Å². The van der Waals surface area contributed by atoms with Gasteiger partial charge in [0.05, 0.1) is 15.5 Å². The molecule has 0 unspecified atom stereocenters. The van der Waals surface area contributed by atoms with E-state index < -0.39 is 28.5 Å². The van der Waals surface area contributed by atoms with E-state index in [4.69, 9.17) is 27.9 Å². The molecule has 0 saturated carbocycles. The highest BCUT2D eigenvalue weighted by atomic mass is 35.5. The molecule has 0 atom stereocenters. The van der Waals surface area contributed by atoms with E-state index in [0.717, 1.165) is 19.3 Å². The van der Waals surface area contributed by atoms with Gasteiger partial charge >= 0.3 is 5.97 Å². The van der Waals surface area contributed by atoms with E-state index in [1.807, 2.05) is 0 Å². The summed E-state index contributed by atoms with van der Waals surface area (Å²) in [5, 5.41) is 3.03. The van der Waals surface area contributed by atoms with Crippen molar-refractivity contribution in [2.75, 3.05) is 25.0 Å². The van der Waals surface area contributed by atoms with Crippen molar-refractivity contribution in [2.24, 2.45) is 0 Å². The SMILES string of the molecule is O=C(COC(=O)c1cc(Cl)ccc1Cl)Nc1ccc(S(=O)(=O)N2CCCCC2)cc1. The lowest BCUT2D eigenvalue weighted by atomic mass is 10.2. The van der Waals surface area contributed by atoms with Gasteiger partial charge in [0.1, 0.15) is 0 Å². The number of hydrogen-bond donors (Lipinski definition) is 1. The van der Waals surface area contributed by atoms with E-state index in [1.165, 1.54) is 46.8 Å². The molecule has 1 saturated heterocycles. The van der Waals surface area contributed by atoms with Gasteiger partial charge in [-0.2, -0.15) is 4.31 Å². The molecule has 0 bridgehead atoms. The highest BCUT2D eigenvalue weighted by molar-refractivity contribution is 7.89. The first kappa shape index (κ1) is 22.6. The number of nitrogens with one attached hydrogen (secondary N) is 1. The lowest BCUT2D eigenvalue weighted by Gasteiger charge is -2.25. The molecule has 1 N–H and O–H groups in total. The number of piperidine rings is 1. The Kier molecular flexibility index (Phi) is 7.36. The fraction of sp³-hybridized carbons (Fsp3) is 0.300. The number of rotatable bonds is 6. The van der Waals surface area contributed by atoms with Crippen LogP contribution >= 0.6 is 23.2 Å². The Labute approximate surface area is 185 Å². The molecule has 1 fully saturated rings. The van der Waals surface area contributed by atoms with Crippen LogP contribution in [0, 0.1) is 0 Å². The van der Waals surface area contributed by atoms with Crippen LogP contribution in [0.1, 0.15) is 29.6 Å². The number of benzene rings is 2. The molecule has 1 aliphatic rings. The van der Waals surface area contributed by atoms with E-state index in [1.54, 1.807) is 0 Å². The van der Waals surface area contributed by atoms with E-state index in [9.17, 15) is 18.0 Å². The second-order valence-corrected chi connectivity index (χ2v) is 9.52. The number of nitrogens with zero attached hydrogens (tertiary/aromatic N) is 1. The molecule has 7 nitrogen and oxygen atoms in total. The molecule has 1 amide bonds. The number of carbonyl (C=O) groups is 2. The predicted molar refractivity (Wildman–Crippen MR) is 114 cm³/mol. The van der Waals surface area contributed by atoms with Crippen molar-refractivity contribution in [3.05, 3.63) is 58.1 Å². The number of sulfonamides is 1. The summed E-state index contributed by atoms with van der Waals surface area (Å²) in [7, 11) is -3.54. The second-order valence-electron chi connectivity index (χ2n) is 6.74. The molecule has 30 heavy (non-hydrogen) atoms. The van der Waals surface area contributed by atoms with Crippen LogP contribution in [0.2, 0.25) is 10.0 Å². The summed E-state index contributed by atoms with van der Waals surface area (Å²) < 4.78 is 31.7. The maximum absolute atomic E-state index is 12.6. The molecule has 1 heterocycles. The largest absolute Gasteiger partial charge is 0.452 e. The number of hydrogen-bond acceptors (Lipinski definition) is 5. The second kappa shape index (κ2) is 9.78. The smallest absolute Gasteiger partial charge is 0.340 e. The third kappa shape index (κ3) is 5.51. The zero-order chi connectivity index (χ0) is 21.7. The lowest BCUT2D eigenvalue weighted by Crippen LogP contribution is -2.35. The predicted octanol–water partition coefficient (Wildman–Crippen LogP) is 3.96. The molecule has 0 aliphatic carbocycles. The van der Waals surface area contributed by atoms with Gasteiger partial charge in [0, 0.05) is 23.8 Å². The van der Waals surface area contributed by atoms with Gasteiger partial charge in [-0.1, -0.05) is 29.6 Å². The van der Waals surface area contributed by atoms with E-state index >= 15 is 0 Å². The van der Waals surface area contributed by atoms with Crippen LogP contribution in [0.15, 0.2) is 47.4 Å². The van der Waals surface area contributed by atoms with Crippen molar-refractivity contribution >= 4 is 50.8 Å².